The fourth-order valence-corrected chi connectivity index (χ4v) is 1.85. The van der Waals surface area contributed by atoms with E-state index in [9.17, 15) is 18.4 Å². The number of carbonyl (C=O) groups is 2. The Balaban J connectivity index is 2.17. The van der Waals surface area contributed by atoms with Gasteiger partial charge in [0.2, 0.25) is 0 Å². The fraction of sp³-hybridized carbons (Fsp3) is 0.143. The van der Waals surface area contributed by atoms with Gasteiger partial charge >= 0.3 is 5.97 Å². The van der Waals surface area contributed by atoms with E-state index in [1.54, 1.807) is 0 Å². The van der Waals surface area contributed by atoms with Gasteiger partial charge in [-0.2, -0.15) is 0 Å². The molecule has 2 rings (SSSR count). The first-order valence-corrected chi connectivity index (χ1v) is 6.05. The quantitative estimate of drug-likeness (QED) is 0.890. The summed E-state index contributed by atoms with van der Waals surface area (Å²) < 4.78 is 25.9. The van der Waals surface area contributed by atoms with Crippen LogP contribution >= 0.6 is 0 Å². The second kappa shape index (κ2) is 6.17. The van der Waals surface area contributed by atoms with Crippen molar-refractivity contribution in [2.45, 2.75) is 13.0 Å². The van der Waals surface area contributed by atoms with Gasteiger partial charge in [0.15, 0.2) is 0 Å². The topological polar surface area (TPSA) is 71.3 Å². The number of carboxylic acids is 1. The first-order chi connectivity index (χ1) is 9.97. The molecule has 0 radical (unpaired) electrons. The molecule has 21 heavy (non-hydrogen) atoms. The molecule has 2 N–H and O–H groups in total. The Hall–Kier alpha value is -2.70. The summed E-state index contributed by atoms with van der Waals surface area (Å²) in [5.41, 5.74) is 0.386. The number of anilines is 1. The lowest BCUT2D eigenvalue weighted by molar-refractivity contribution is 0.0696. The Bertz CT molecular complexity index is 668. The van der Waals surface area contributed by atoms with Crippen molar-refractivity contribution in [1.29, 1.82) is 0 Å². The molecule has 0 atom stereocenters. The predicted octanol–water partition coefficient (Wildman–Crippen LogP) is 2.70. The van der Waals surface area contributed by atoms with E-state index in [1.165, 1.54) is 42.6 Å². The van der Waals surface area contributed by atoms with Crippen molar-refractivity contribution in [2.75, 3.05) is 5.32 Å². The molecule has 0 fully saturated rings. The zero-order valence-electron chi connectivity index (χ0n) is 10.8. The van der Waals surface area contributed by atoms with Crippen LogP contribution in [0.15, 0.2) is 42.6 Å². The Morgan fingerprint density at radius 1 is 1.24 bits per heavy atom. The molecule has 0 saturated carbocycles. The van der Waals surface area contributed by atoms with Gasteiger partial charge in [-0.15, -0.1) is 0 Å². The van der Waals surface area contributed by atoms with Gasteiger partial charge in [0, 0.05) is 11.9 Å². The zero-order valence-corrected chi connectivity index (χ0v) is 10.8. The van der Waals surface area contributed by atoms with Crippen LogP contribution < -0.4 is 5.32 Å². The summed E-state index contributed by atoms with van der Waals surface area (Å²) in [6.07, 6.45) is -1.19. The molecule has 7 heteroatoms. The van der Waals surface area contributed by atoms with Crippen molar-refractivity contribution < 1.29 is 23.5 Å². The highest BCUT2D eigenvalue weighted by Crippen LogP contribution is 2.13. The number of benzene rings is 1. The van der Waals surface area contributed by atoms with E-state index in [2.05, 4.69) is 5.32 Å². The molecule has 1 aromatic heterocycles. The third kappa shape index (κ3) is 3.65. The monoisotopic (exact) mass is 294 g/mol. The molecule has 0 aliphatic carbocycles. The van der Waals surface area contributed by atoms with Gasteiger partial charge in [-0.1, -0.05) is 6.07 Å². The minimum Gasteiger partial charge on any atom is -0.478 e. The summed E-state index contributed by atoms with van der Waals surface area (Å²) in [6, 6.07) is 8.59. The second-order valence-electron chi connectivity index (χ2n) is 4.28. The number of carboxylic acid groups (broad SMARTS) is 1. The number of carbonyl (C=O) groups excluding carboxylic acids is 1. The third-order valence-corrected chi connectivity index (χ3v) is 2.76. The minimum atomic E-state index is -2.57. The Morgan fingerprint density at radius 2 is 2.00 bits per heavy atom. The Kier molecular flexibility index (Phi) is 4.32. The van der Waals surface area contributed by atoms with Crippen LogP contribution in [-0.2, 0) is 6.54 Å². The van der Waals surface area contributed by atoms with E-state index in [0.29, 0.717) is 0 Å². The molecule has 1 aromatic carbocycles. The molecular weight excluding hydrogens is 282 g/mol. The number of nitrogens with zero attached hydrogens (tertiary/aromatic N) is 1. The van der Waals surface area contributed by atoms with Crippen molar-refractivity contribution in [1.82, 2.24) is 4.57 Å². The number of hydrogen-bond donors (Lipinski definition) is 2. The van der Waals surface area contributed by atoms with Crippen LogP contribution in [0.1, 0.15) is 20.8 Å². The van der Waals surface area contributed by atoms with Gasteiger partial charge in [-0.05, 0) is 30.3 Å². The molecule has 5 nitrogen and oxygen atoms in total. The maximum Gasteiger partial charge on any atom is 0.335 e. The lowest BCUT2D eigenvalue weighted by Gasteiger charge is -2.09. The normalized spacial score (nSPS) is 10.6. The lowest BCUT2D eigenvalue weighted by Crippen LogP contribution is -2.19. The van der Waals surface area contributed by atoms with Crippen molar-refractivity contribution in [3.63, 3.8) is 0 Å². The van der Waals surface area contributed by atoms with Crippen LogP contribution in [0.3, 0.4) is 0 Å². The number of hydrogen-bond acceptors (Lipinski definition) is 2. The number of rotatable bonds is 5. The number of aromatic nitrogens is 1. The molecule has 0 saturated heterocycles. The van der Waals surface area contributed by atoms with Crippen LogP contribution in [0.4, 0.5) is 14.5 Å². The summed E-state index contributed by atoms with van der Waals surface area (Å²) >= 11 is 0. The molecule has 0 spiro atoms. The van der Waals surface area contributed by atoms with Crippen molar-refractivity contribution in [3.05, 3.63) is 53.9 Å². The summed E-state index contributed by atoms with van der Waals surface area (Å²) in [5.74, 6) is -1.70. The fourth-order valence-electron chi connectivity index (χ4n) is 1.85. The van der Waals surface area contributed by atoms with Gasteiger partial charge in [0.05, 0.1) is 12.1 Å². The molecule has 1 heterocycles. The largest absolute Gasteiger partial charge is 0.478 e. The maximum absolute atomic E-state index is 12.4. The summed E-state index contributed by atoms with van der Waals surface area (Å²) in [5, 5.41) is 11.4. The van der Waals surface area contributed by atoms with Gasteiger partial charge in [0.1, 0.15) is 5.69 Å². The lowest BCUT2D eigenvalue weighted by atomic mass is 10.2. The number of aromatic carboxylic acids is 1. The minimum absolute atomic E-state index is 0.0239. The first-order valence-electron chi connectivity index (χ1n) is 6.05. The smallest absolute Gasteiger partial charge is 0.335 e. The van der Waals surface area contributed by atoms with Crippen molar-refractivity contribution in [3.8, 4) is 0 Å². The number of alkyl halides is 2. The average Bonchev–Trinajstić information content (AvgIpc) is 2.86. The molecule has 0 bridgehead atoms. The van der Waals surface area contributed by atoms with E-state index in [1.807, 2.05) is 0 Å². The Labute approximate surface area is 118 Å². The highest BCUT2D eigenvalue weighted by molar-refractivity contribution is 6.03. The standard InChI is InChI=1S/C14H12F2N2O3/c15-12(16)8-18-6-2-5-11(18)13(19)17-10-4-1-3-9(7-10)14(20)21/h1-7,12H,8H2,(H,17,19)(H,20,21). The van der Waals surface area contributed by atoms with E-state index >= 15 is 0 Å². The zero-order chi connectivity index (χ0) is 15.4. The van der Waals surface area contributed by atoms with Gasteiger partial charge in [0.25, 0.3) is 12.3 Å². The summed E-state index contributed by atoms with van der Waals surface area (Å²) in [7, 11) is 0. The average molecular weight is 294 g/mol. The van der Waals surface area contributed by atoms with Gasteiger partial charge in [-0.3, -0.25) is 4.79 Å². The van der Waals surface area contributed by atoms with Crippen molar-refractivity contribution >= 4 is 17.6 Å². The molecule has 0 aliphatic heterocycles. The maximum atomic E-state index is 12.4. The van der Waals surface area contributed by atoms with Crippen LogP contribution in [-0.4, -0.2) is 28.0 Å². The van der Waals surface area contributed by atoms with E-state index in [4.69, 9.17) is 5.11 Å². The summed E-state index contributed by atoms with van der Waals surface area (Å²) in [4.78, 5) is 22.9. The highest BCUT2D eigenvalue weighted by atomic mass is 19.3. The van der Waals surface area contributed by atoms with Crippen molar-refractivity contribution in [2.24, 2.45) is 0 Å². The highest BCUT2D eigenvalue weighted by Gasteiger charge is 2.14. The molecule has 2 aromatic rings. The molecule has 1 amide bonds. The van der Waals surface area contributed by atoms with Gasteiger partial charge in [-0.25, -0.2) is 13.6 Å². The third-order valence-electron chi connectivity index (χ3n) is 2.76. The van der Waals surface area contributed by atoms with Crippen LogP contribution in [0.2, 0.25) is 0 Å². The van der Waals surface area contributed by atoms with Crippen LogP contribution in [0.5, 0.6) is 0 Å². The SMILES string of the molecule is O=C(O)c1cccc(NC(=O)c2cccn2CC(F)F)c1. The number of nitrogens with one attached hydrogen (secondary N) is 1. The summed E-state index contributed by atoms with van der Waals surface area (Å²) in [6.45, 7) is -0.578. The molecular formula is C14H12F2N2O3. The predicted molar refractivity (Wildman–Crippen MR) is 71.8 cm³/mol. The molecule has 0 unspecified atom stereocenters. The van der Waals surface area contributed by atoms with Crippen LogP contribution in [0, 0.1) is 0 Å². The molecule has 110 valence electrons. The number of amides is 1. The van der Waals surface area contributed by atoms with Crippen LogP contribution in [0.25, 0.3) is 0 Å². The first kappa shape index (κ1) is 14.7. The van der Waals surface area contributed by atoms with E-state index < -0.39 is 24.8 Å². The molecule has 0 aliphatic rings. The number of halogens is 2. The second-order valence-corrected chi connectivity index (χ2v) is 4.28. The van der Waals surface area contributed by atoms with Gasteiger partial charge < -0.3 is 15.0 Å². The Morgan fingerprint density at radius 3 is 2.67 bits per heavy atom. The van der Waals surface area contributed by atoms with E-state index in [-0.39, 0.29) is 16.9 Å². The van der Waals surface area contributed by atoms with E-state index in [0.717, 1.165) is 4.57 Å².